The highest BCUT2D eigenvalue weighted by molar-refractivity contribution is 7.88. The fraction of sp³-hybridized carbons (Fsp3) is 0.900. The zero-order valence-corrected chi connectivity index (χ0v) is 10.2. The van der Waals surface area contributed by atoms with Crippen molar-refractivity contribution in [3.05, 3.63) is 0 Å². The molecule has 2 atom stereocenters. The fourth-order valence-corrected chi connectivity index (χ4v) is 4.19. The summed E-state index contributed by atoms with van der Waals surface area (Å²) in [6, 6.07) is 0. The van der Waals surface area contributed by atoms with Crippen LogP contribution in [0.25, 0.3) is 0 Å². The van der Waals surface area contributed by atoms with Gasteiger partial charge < -0.3 is 4.79 Å². The maximum absolute atomic E-state index is 11.4. The van der Waals surface area contributed by atoms with E-state index < -0.39 is 20.3 Å². The third kappa shape index (κ3) is 1.52. The van der Waals surface area contributed by atoms with Crippen molar-refractivity contribution < 1.29 is 17.8 Å². The van der Waals surface area contributed by atoms with E-state index in [0.29, 0.717) is 12.7 Å². The molecule has 0 aliphatic heterocycles. The molecule has 1 aliphatic rings. The molecule has 0 aromatic carbocycles. The van der Waals surface area contributed by atoms with Gasteiger partial charge in [0.1, 0.15) is 6.29 Å². The molecule has 0 aromatic heterocycles. The topological polar surface area (TPSA) is 71.4 Å². The molecule has 0 amide bonds. The summed E-state index contributed by atoms with van der Waals surface area (Å²) in [5, 5.41) is 0. The molecule has 1 rings (SSSR count). The molecule has 1 fully saturated rings. The zero-order chi connectivity index (χ0) is 11.9. The van der Waals surface area contributed by atoms with E-state index in [0.717, 1.165) is 6.42 Å². The Balaban J connectivity index is 3.31. The van der Waals surface area contributed by atoms with Gasteiger partial charge in [-0.1, -0.05) is 27.2 Å². The van der Waals surface area contributed by atoms with Crippen LogP contribution in [0.15, 0.2) is 0 Å². The van der Waals surface area contributed by atoms with Gasteiger partial charge in [-0.05, 0) is 24.2 Å². The van der Waals surface area contributed by atoms with E-state index in [2.05, 4.69) is 0 Å². The Morgan fingerprint density at radius 2 is 2.00 bits per heavy atom. The van der Waals surface area contributed by atoms with Crippen LogP contribution < -0.4 is 0 Å². The average Bonchev–Trinajstić information content (AvgIpc) is 2.35. The summed E-state index contributed by atoms with van der Waals surface area (Å²) in [6.07, 6.45) is 2.12. The zero-order valence-electron chi connectivity index (χ0n) is 9.36. The Kier molecular flexibility index (Phi) is 3.00. The van der Waals surface area contributed by atoms with E-state index in [4.69, 9.17) is 0 Å². The summed E-state index contributed by atoms with van der Waals surface area (Å²) in [4.78, 5) is 11.1. The summed E-state index contributed by atoms with van der Waals surface area (Å²) >= 11 is 0. The molecule has 0 aromatic rings. The SMILES string of the molecule is CCC1CCC(C=O)(S(=O)(=O)O)C1(C)C. The van der Waals surface area contributed by atoms with Gasteiger partial charge in [-0.2, -0.15) is 8.42 Å². The Hall–Kier alpha value is -0.420. The standard InChI is InChI=1S/C10H18O4S/c1-4-8-5-6-10(7-11,9(8,2)3)15(12,13)14/h7-8H,4-6H2,1-3H3,(H,12,13,14). The quantitative estimate of drug-likeness (QED) is 0.595. The Labute approximate surface area is 90.8 Å². The monoisotopic (exact) mass is 234 g/mol. The van der Waals surface area contributed by atoms with Crippen molar-refractivity contribution >= 4 is 16.4 Å². The highest BCUT2D eigenvalue weighted by Crippen LogP contribution is 2.54. The number of rotatable bonds is 3. The van der Waals surface area contributed by atoms with Crippen LogP contribution in [-0.4, -0.2) is 24.0 Å². The lowest BCUT2D eigenvalue weighted by atomic mass is 9.74. The highest BCUT2D eigenvalue weighted by Gasteiger charge is 2.61. The molecule has 0 spiro atoms. The normalized spacial score (nSPS) is 35.3. The van der Waals surface area contributed by atoms with Crippen LogP contribution in [0.2, 0.25) is 0 Å². The van der Waals surface area contributed by atoms with Crippen molar-refractivity contribution in [1.82, 2.24) is 0 Å². The van der Waals surface area contributed by atoms with Crippen LogP contribution in [0.1, 0.15) is 40.0 Å². The van der Waals surface area contributed by atoms with Crippen molar-refractivity contribution in [3.63, 3.8) is 0 Å². The molecule has 88 valence electrons. The van der Waals surface area contributed by atoms with Crippen molar-refractivity contribution in [2.24, 2.45) is 11.3 Å². The molecule has 0 saturated heterocycles. The van der Waals surface area contributed by atoms with Crippen molar-refractivity contribution in [1.29, 1.82) is 0 Å². The van der Waals surface area contributed by atoms with Crippen molar-refractivity contribution in [2.45, 2.75) is 44.8 Å². The first-order chi connectivity index (χ1) is 6.73. The molecule has 1 saturated carbocycles. The number of carbonyl (C=O) groups is 1. The number of aldehydes is 1. The third-order valence-corrected chi connectivity index (χ3v) is 5.87. The van der Waals surface area contributed by atoms with Gasteiger partial charge in [-0.15, -0.1) is 0 Å². The summed E-state index contributed by atoms with van der Waals surface area (Å²) in [5.74, 6) is 0.157. The molecular formula is C10H18O4S. The summed E-state index contributed by atoms with van der Waals surface area (Å²) in [6.45, 7) is 5.46. The van der Waals surface area contributed by atoms with E-state index in [1.807, 2.05) is 6.92 Å². The second-order valence-corrected chi connectivity index (χ2v) is 6.53. The molecule has 1 aliphatic carbocycles. The van der Waals surface area contributed by atoms with Gasteiger partial charge in [-0.25, -0.2) is 0 Å². The van der Waals surface area contributed by atoms with E-state index >= 15 is 0 Å². The lowest BCUT2D eigenvalue weighted by Gasteiger charge is -2.37. The molecular weight excluding hydrogens is 216 g/mol. The maximum Gasteiger partial charge on any atom is 0.278 e. The van der Waals surface area contributed by atoms with Gasteiger partial charge in [0.2, 0.25) is 0 Å². The number of carbonyl (C=O) groups excluding carboxylic acids is 1. The first-order valence-electron chi connectivity index (χ1n) is 5.16. The molecule has 5 heteroatoms. The van der Waals surface area contributed by atoms with E-state index in [1.165, 1.54) is 0 Å². The largest absolute Gasteiger partial charge is 0.301 e. The van der Waals surface area contributed by atoms with Gasteiger partial charge in [0.15, 0.2) is 4.75 Å². The minimum atomic E-state index is -4.33. The van der Waals surface area contributed by atoms with Gasteiger partial charge >= 0.3 is 0 Å². The van der Waals surface area contributed by atoms with Crippen LogP contribution in [0.5, 0.6) is 0 Å². The van der Waals surface area contributed by atoms with Crippen LogP contribution in [-0.2, 0) is 14.9 Å². The minimum Gasteiger partial charge on any atom is -0.301 e. The third-order valence-electron chi connectivity index (χ3n) is 4.12. The van der Waals surface area contributed by atoms with Gasteiger partial charge in [0.25, 0.3) is 10.1 Å². The maximum atomic E-state index is 11.4. The lowest BCUT2D eigenvalue weighted by molar-refractivity contribution is -0.112. The predicted molar refractivity (Wildman–Crippen MR) is 57.1 cm³/mol. The fourth-order valence-electron chi connectivity index (χ4n) is 2.86. The first-order valence-corrected chi connectivity index (χ1v) is 6.60. The molecule has 2 unspecified atom stereocenters. The van der Waals surface area contributed by atoms with Crippen LogP contribution >= 0.6 is 0 Å². The lowest BCUT2D eigenvalue weighted by Crippen LogP contribution is -2.50. The second kappa shape index (κ2) is 3.56. The van der Waals surface area contributed by atoms with Gasteiger partial charge in [-0.3, -0.25) is 4.55 Å². The minimum absolute atomic E-state index is 0.157. The molecule has 0 radical (unpaired) electrons. The Bertz CT molecular complexity index is 358. The molecule has 15 heavy (non-hydrogen) atoms. The summed E-state index contributed by atoms with van der Waals surface area (Å²) in [7, 11) is -4.33. The van der Waals surface area contributed by atoms with E-state index in [-0.39, 0.29) is 12.3 Å². The molecule has 0 heterocycles. The molecule has 4 nitrogen and oxygen atoms in total. The van der Waals surface area contributed by atoms with Gasteiger partial charge in [0.05, 0.1) is 0 Å². The summed E-state index contributed by atoms with van der Waals surface area (Å²) in [5.41, 5.74) is -0.697. The summed E-state index contributed by atoms with van der Waals surface area (Å²) < 4.78 is 30.4. The highest BCUT2D eigenvalue weighted by atomic mass is 32.2. The van der Waals surface area contributed by atoms with E-state index in [1.54, 1.807) is 13.8 Å². The number of hydrogen-bond acceptors (Lipinski definition) is 3. The van der Waals surface area contributed by atoms with Crippen LogP contribution in [0, 0.1) is 11.3 Å². The predicted octanol–water partition coefficient (Wildman–Crippen LogP) is 1.66. The van der Waals surface area contributed by atoms with Crippen molar-refractivity contribution in [2.75, 3.05) is 0 Å². The first kappa shape index (κ1) is 12.6. The smallest absolute Gasteiger partial charge is 0.278 e. The molecule has 1 N–H and O–H groups in total. The van der Waals surface area contributed by atoms with Gasteiger partial charge in [0, 0.05) is 0 Å². The second-order valence-electron chi connectivity index (χ2n) is 4.85. The Morgan fingerprint density at radius 1 is 1.47 bits per heavy atom. The van der Waals surface area contributed by atoms with Crippen LogP contribution in [0.4, 0.5) is 0 Å². The number of hydrogen-bond donors (Lipinski definition) is 1. The van der Waals surface area contributed by atoms with Crippen LogP contribution in [0.3, 0.4) is 0 Å². The average molecular weight is 234 g/mol. The van der Waals surface area contributed by atoms with Crippen molar-refractivity contribution in [3.8, 4) is 0 Å². The Morgan fingerprint density at radius 3 is 2.20 bits per heavy atom. The van der Waals surface area contributed by atoms with E-state index in [9.17, 15) is 17.8 Å². The molecule has 0 bridgehead atoms.